The average Bonchev–Trinajstić information content (AvgIpc) is 2.98. The fourth-order valence-corrected chi connectivity index (χ4v) is 4.95. The van der Waals surface area contributed by atoms with Crippen LogP contribution in [0.3, 0.4) is 0 Å². The summed E-state index contributed by atoms with van der Waals surface area (Å²) in [6.07, 6.45) is 0.969. The van der Waals surface area contributed by atoms with Crippen LogP contribution >= 0.6 is 23.1 Å². The van der Waals surface area contributed by atoms with E-state index in [0.29, 0.717) is 10.8 Å². The van der Waals surface area contributed by atoms with Gasteiger partial charge in [-0.2, -0.15) is 4.99 Å². The number of para-hydroxylation sites is 1. The molecular formula is C21H24N2OS2. The lowest BCUT2D eigenvalue weighted by Crippen LogP contribution is -2.16. The standard InChI is InChI=1S/C21H24N2OS2/c1-5-15-8-7-9-18-19(15)23(6-2)21(26-18)22-20(24)16-10-12-17(13-11-16)25-14(3)4/h7-14H,5-6H2,1-4H3. The van der Waals surface area contributed by atoms with Crippen molar-refractivity contribution in [2.24, 2.45) is 4.99 Å². The Hall–Kier alpha value is -1.85. The van der Waals surface area contributed by atoms with Gasteiger partial charge in [0, 0.05) is 22.3 Å². The van der Waals surface area contributed by atoms with E-state index < -0.39 is 0 Å². The van der Waals surface area contributed by atoms with Gasteiger partial charge in [-0.25, -0.2) is 0 Å². The molecule has 0 unspecified atom stereocenters. The minimum absolute atomic E-state index is 0.182. The first-order valence-electron chi connectivity index (χ1n) is 9.00. The number of amides is 1. The SMILES string of the molecule is CCc1cccc2sc(=NC(=O)c3ccc(SC(C)C)cc3)n(CC)c12. The van der Waals surface area contributed by atoms with Crippen molar-refractivity contribution in [1.29, 1.82) is 0 Å². The summed E-state index contributed by atoms with van der Waals surface area (Å²) >= 11 is 3.38. The molecule has 0 aliphatic heterocycles. The number of fused-ring (bicyclic) bond motifs is 1. The van der Waals surface area contributed by atoms with Crippen LogP contribution in [0, 0.1) is 0 Å². The first-order chi connectivity index (χ1) is 12.5. The first-order valence-corrected chi connectivity index (χ1v) is 10.7. The van der Waals surface area contributed by atoms with Gasteiger partial charge in [-0.1, -0.05) is 44.2 Å². The number of thiazole rings is 1. The van der Waals surface area contributed by atoms with Gasteiger partial charge in [0.25, 0.3) is 5.91 Å². The van der Waals surface area contributed by atoms with Crippen molar-refractivity contribution in [1.82, 2.24) is 4.57 Å². The molecule has 0 saturated heterocycles. The molecule has 0 saturated carbocycles. The van der Waals surface area contributed by atoms with Crippen molar-refractivity contribution in [3.63, 3.8) is 0 Å². The number of hydrogen-bond donors (Lipinski definition) is 0. The van der Waals surface area contributed by atoms with Crippen molar-refractivity contribution in [3.05, 3.63) is 58.4 Å². The Morgan fingerprint density at radius 2 is 1.88 bits per heavy atom. The quantitative estimate of drug-likeness (QED) is 0.542. The van der Waals surface area contributed by atoms with Crippen LogP contribution in [0.25, 0.3) is 10.2 Å². The number of hydrogen-bond acceptors (Lipinski definition) is 3. The number of rotatable bonds is 5. The molecule has 1 aromatic heterocycles. The zero-order valence-corrected chi connectivity index (χ0v) is 17.3. The predicted molar refractivity (Wildman–Crippen MR) is 112 cm³/mol. The normalized spacial score (nSPS) is 12.3. The van der Waals surface area contributed by atoms with Crippen molar-refractivity contribution >= 4 is 39.2 Å². The highest BCUT2D eigenvalue weighted by molar-refractivity contribution is 7.99. The molecule has 0 bridgehead atoms. The van der Waals surface area contributed by atoms with E-state index in [1.807, 2.05) is 24.3 Å². The second-order valence-corrected chi connectivity index (χ2v) is 9.01. The molecule has 3 nitrogen and oxygen atoms in total. The monoisotopic (exact) mass is 384 g/mol. The minimum atomic E-state index is -0.182. The van der Waals surface area contributed by atoms with Crippen molar-refractivity contribution in [3.8, 4) is 0 Å². The fraction of sp³-hybridized carbons (Fsp3) is 0.333. The van der Waals surface area contributed by atoms with Crippen LogP contribution in [0.5, 0.6) is 0 Å². The molecule has 0 fully saturated rings. The Labute approximate surface area is 162 Å². The van der Waals surface area contributed by atoms with E-state index >= 15 is 0 Å². The second kappa shape index (κ2) is 8.23. The number of nitrogens with zero attached hydrogens (tertiary/aromatic N) is 2. The molecule has 3 aromatic rings. The lowest BCUT2D eigenvalue weighted by Gasteiger charge is -2.05. The summed E-state index contributed by atoms with van der Waals surface area (Å²) < 4.78 is 3.33. The van der Waals surface area contributed by atoms with E-state index in [2.05, 4.69) is 55.5 Å². The van der Waals surface area contributed by atoms with Gasteiger partial charge in [-0.3, -0.25) is 4.79 Å². The minimum Gasteiger partial charge on any atom is -0.316 e. The largest absolute Gasteiger partial charge is 0.316 e. The number of carbonyl (C=O) groups excluding carboxylic acids is 1. The van der Waals surface area contributed by atoms with E-state index in [-0.39, 0.29) is 5.91 Å². The van der Waals surface area contributed by atoms with E-state index in [1.165, 1.54) is 20.7 Å². The number of thioether (sulfide) groups is 1. The van der Waals surface area contributed by atoms with Gasteiger partial charge in [-0.15, -0.1) is 11.8 Å². The van der Waals surface area contributed by atoms with Gasteiger partial charge in [0.05, 0.1) is 10.2 Å². The smallest absolute Gasteiger partial charge is 0.279 e. The Morgan fingerprint density at radius 3 is 2.50 bits per heavy atom. The molecule has 0 N–H and O–H groups in total. The summed E-state index contributed by atoms with van der Waals surface area (Å²) in [5.41, 5.74) is 3.14. The number of carbonyl (C=O) groups is 1. The highest BCUT2D eigenvalue weighted by atomic mass is 32.2. The summed E-state index contributed by atoms with van der Waals surface area (Å²) in [5, 5.41) is 0.524. The Balaban J connectivity index is 2.00. The summed E-state index contributed by atoms with van der Waals surface area (Å²) in [4.78, 5) is 19.1. The van der Waals surface area contributed by atoms with Crippen molar-refractivity contribution in [2.75, 3.05) is 0 Å². The van der Waals surface area contributed by atoms with Gasteiger partial charge < -0.3 is 4.57 Å². The molecule has 136 valence electrons. The topological polar surface area (TPSA) is 34.4 Å². The maximum Gasteiger partial charge on any atom is 0.279 e. The lowest BCUT2D eigenvalue weighted by molar-refractivity contribution is 0.0998. The summed E-state index contributed by atoms with van der Waals surface area (Å²) in [5.74, 6) is -0.182. The molecule has 0 radical (unpaired) electrons. The third-order valence-electron chi connectivity index (χ3n) is 4.15. The van der Waals surface area contributed by atoms with E-state index in [0.717, 1.165) is 17.8 Å². The maximum atomic E-state index is 12.7. The highest BCUT2D eigenvalue weighted by Crippen LogP contribution is 2.24. The molecule has 2 aromatic carbocycles. The Kier molecular flexibility index (Phi) is 5.99. The second-order valence-electron chi connectivity index (χ2n) is 6.35. The number of aryl methyl sites for hydroxylation is 2. The molecule has 0 atom stereocenters. The maximum absolute atomic E-state index is 12.7. The van der Waals surface area contributed by atoms with Crippen LogP contribution < -0.4 is 4.80 Å². The molecular weight excluding hydrogens is 360 g/mol. The molecule has 1 amide bonds. The van der Waals surface area contributed by atoms with Crippen molar-refractivity contribution in [2.45, 2.75) is 50.8 Å². The highest BCUT2D eigenvalue weighted by Gasteiger charge is 2.11. The zero-order chi connectivity index (χ0) is 18.7. The molecule has 0 aliphatic carbocycles. The molecule has 1 heterocycles. The summed E-state index contributed by atoms with van der Waals surface area (Å²) in [7, 11) is 0. The van der Waals surface area contributed by atoms with E-state index in [9.17, 15) is 4.79 Å². The lowest BCUT2D eigenvalue weighted by atomic mass is 10.1. The number of aromatic nitrogens is 1. The van der Waals surface area contributed by atoms with Gasteiger partial charge in [-0.05, 0) is 49.2 Å². The predicted octanol–water partition coefficient (Wildman–Crippen LogP) is 5.53. The van der Waals surface area contributed by atoms with E-state index in [1.54, 1.807) is 23.1 Å². The fourth-order valence-electron chi connectivity index (χ4n) is 2.97. The first kappa shape index (κ1) is 18.9. The van der Waals surface area contributed by atoms with Crippen LogP contribution in [-0.2, 0) is 13.0 Å². The summed E-state index contributed by atoms with van der Waals surface area (Å²) in [6, 6.07) is 14.1. The third kappa shape index (κ3) is 3.94. The van der Waals surface area contributed by atoms with Crippen LogP contribution in [0.1, 0.15) is 43.6 Å². The molecule has 0 aliphatic rings. The van der Waals surface area contributed by atoms with Gasteiger partial charge in [0.1, 0.15) is 0 Å². The van der Waals surface area contributed by atoms with Crippen LogP contribution in [-0.4, -0.2) is 15.7 Å². The molecule has 3 rings (SSSR count). The van der Waals surface area contributed by atoms with Gasteiger partial charge >= 0.3 is 0 Å². The zero-order valence-electron chi connectivity index (χ0n) is 15.7. The molecule has 0 spiro atoms. The van der Waals surface area contributed by atoms with Crippen LogP contribution in [0.15, 0.2) is 52.4 Å². The van der Waals surface area contributed by atoms with E-state index in [4.69, 9.17) is 0 Å². The summed E-state index contributed by atoms with van der Waals surface area (Å²) in [6.45, 7) is 9.38. The number of benzene rings is 2. The molecule has 5 heteroatoms. The Morgan fingerprint density at radius 1 is 1.15 bits per heavy atom. The molecule has 26 heavy (non-hydrogen) atoms. The van der Waals surface area contributed by atoms with Crippen LogP contribution in [0.2, 0.25) is 0 Å². The van der Waals surface area contributed by atoms with Gasteiger partial charge in [0.2, 0.25) is 0 Å². The third-order valence-corrected chi connectivity index (χ3v) is 6.21. The Bertz CT molecular complexity index is 981. The van der Waals surface area contributed by atoms with Crippen LogP contribution in [0.4, 0.5) is 0 Å². The van der Waals surface area contributed by atoms with Crippen molar-refractivity contribution < 1.29 is 4.79 Å². The van der Waals surface area contributed by atoms with Gasteiger partial charge in [0.15, 0.2) is 4.80 Å². The average molecular weight is 385 g/mol.